The fourth-order valence-electron chi connectivity index (χ4n) is 2.06. The summed E-state index contributed by atoms with van der Waals surface area (Å²) < 4.78 is 5.91. The van der Waals surface area contributed by atoms with Crippen LogP contribution in [0.3, 0.4) is 0 Å². The van der Waals surface area contributed by atoms with E-state index < -0.39 is 5.54 Å². The first-order valence-corrected chi connectivity index (χ1v) is 7.15. The second-order valence-corrected chi connectivity index (χ2v) is 6.39. The summed E-state index contributed by atoms with van der Waals surface area (Å²) in [7, 11) is 1.82. The molecule has 1 rings (SSSR count). The lowest BCUT2D eigenvalue weighted by Crippen LogP contribution is -2.38. The maximum atomic E-state index is 9.10. The van der Waals surface area contributed by atoms with Gasteiger partial charge in [-0.2, -0.15) is 5.26 Å². The van der Waals surface area contributed by atoms with Gasteiger partial charge in [0.25, 0.3) is 0 Å². The van der Waals surface area contributed by atoms with Crippen molar-refractivity contribution < 1.29 is 4.74 Å². The summed E-state index contributed by atoms with van der Waals surface area (Å²) in [6.45, 7) is 9.09. The van der Waals surface area contributed by atoms with Crippen LogP contribution in [0.15, 0.2) is 24.3 Å². The molecule has 0 radical (unpaired) electrons. The van der Waals surface area contributed by atoms with E-state index >= 15 is 0 Å². The van der Waals surface area contributed by atoms with Gasteiger partial charge in [-0.3, -0.25) is 0 Å². The summed E-state index contributed by atoms with van der Waals surface area (Å²) in [5.74, 6) is 0.947. The molecule has 0 aromatic heterocycles. The molecule has 1 atom stereocenters. The van der Waals surface area contributed by atoms with E-state index in [9.17, 15) is 0 Å². The van der Waals surface area contributed by atoms with E-state index in [0.29, 0.717) is 6.61 Å². The smallest absolute Gasteiger partial charge is 0.123 e. The summed E-state index contributed by atoms with van der Waals surface area (Å²) in [5.41, 5.74) is 0.826. The van der Waals surface area contributed by atoms with Gasteiger partial charge >= 0.3 is 0 Å². The molecule has 110 valence electrons. The number of benzene rings is 1. The van der Waals surface area contributed by atoms with Crippen molar-refractivity contribution in [1.29, 1.82) is 5.26 Å². The van der Waals surface area contributed by atoms with Crippen LogP contribution in [0.1, 0.15) is 46.1 Å². The van der Waals surface area contributed by atoms with Crippen LogP contribution >= 0.6 is 0 Å². The lowest BCUT2D eigenvalue weighted by atomic mass is 9.86. The molecule has 0 spiro atoms. The quantitative estimate of drug-likeness (QED) is 0.805. The zero-order valence-corrected chi connectivity index (χ0v) is 13.3. The van der Waals surface area contributed by atoms with Gasteiger partial charge in [-0.25, -0.2) is 0 Å². The number of para-hydroxylation sites is 1. The van der Waals surface area contributed by atoms with Gasteiger partial charge in [0.15, 0.2) is 0 Å². The highest BCUT2D eigenvalue weighted by Gasteiger charge is 2.21. The molecule has 0 fully saturated rings. The van der Waals surface area contributed by atoms with Gasteiger partial charge in [0.2, 0.25) is 0 Å². The number of nitriles is 1. The molecule has 0 saturated heterocycles. The topological polar surface area (TPSA) is 45.0 Å². The molecule has 0 aliphatic rings. The van der Waals surface area contributed by atoms with E-state index in [1.807, 2.05) is 32.2 Å². The van der Waals surface area contributed by atoms with E-state index in [4.69, 9.17) is 10.00 Å². The largest absolute Gasteiger partial charge is 0.493 e. The van der Waals surface area contributed by atoms with Crippen LogP contribution in [0.2, 0.25) is 0 Å². The van der Waals surface area contributed by atoms with Crippen LogP contribution in [-0.2, 0) is 5.41 Å². The van der Waals surface area contributed by atoms with Crippen LogP contribution in [0.5, 0.6) is 5.75 Å². The van der Waals surface area contributed by atoms with Gasteiger partial charge in [0, 0.05) is 0 Å². The standard InChI is InChI=1S/C17H26N2O/c1-16(2,3)14-9-6-7-10-15(14)20-12-8-11-17(4,13-18)19-5/h6-7,9-10,19H,8,11-12H2,1-5H3. The molecule has 0 amide bonds. The molecule has 20 heavy (non-hydrogen) atoms. The lowest BCUT2D eigenvalue weighted by molar-refractivity contribution is 0.282. The highest BCUT2D eigenvalue weighted by atomic mass is 16.5. The Balaban J connectivity index is 2.58. The Bertz CT molecular complexity index is 471. The van der Waals surface area contributed by atoms with E-state index in [1.54, 1.807) is 0 Å². The maximum absolute atomic E-state index is 9.10. The Labute approximate surface area is 123 Å². The van der Waals surface area contributed by atoms with Crippen LogP contribution < -0.4 is 10.1 Å². The van der Waals surface area contributed by atoms with Crippen molar-refractivity contribution in [1.82, 2.24) is 5.32 Å². The van der Waals surface area contributed by atoms with Crippen molar-refractivity contribution in [3.8, 4) is 11.8 Å². The minimum Gasteiger partial charge on any atom is -0.493 e. The summed E-state index contributed by atoms with van der Waals surface area (Å²) >= 11 is 0. The molecular formula is C17H26N2O. The van der Waals surface area contributed by atoms with E-state index in [-0.39, 0.29) is 5.41 Å². The molecule has 0 bridgehead atoms. The molecule has 3 heteroatoms. The monoisotopic (exact) mass is 274 g/mol. The normalized spacial score (nSPS) is 14.4. The summed E-state index contributed by atoms with van der Waals surface area (Å²) in [6, 6.07) is 10.5. The van der Waals surface area contributed by atoms with E-state index in [2.05, 4.69) is 38.2 Å². The van der Waals surface area contributed by atoms with Gasteiger partial charge in [-0.05, 0) is 43.9 Å². The molecule has 1 aromatic rings. The molecule has 0 heterocycles. The first-order chi connectivity index (χ1) is 9.32. The maximum Gasteiger partial charge on any atom is 0.123 e. The van der Waals surface area contributed by atoms with Gasteiger partial charge in [0.1, 0.15) is 11.3 Å². The van der Waals surface area contributed by atoms with Crippen molar-refractivity contribution >= 4 is 0 Å². The first kappa shape index (κ1) is 16.5. The van der Waals surface area contributed by atoms with Gasteiger partial charge in [0.05, 0.1) is 12.7 Å². The number of hydrogen-bond donors (Lipinski definition) is 1. The fourth-order valence-corrected chi connectivity index (χ4v) is 2.06. The van der Waals surface area contributed by atoms with Crippen LogP contribution in [0.25, 0.3) is 0 Å². The Kier molecular flexibility index (Phi) is 5.59. The third-order valence-electron chi connectivity index (χ3n) is 3.57. The lowest BCUT2D eigenvalue weighted by Gasteiger charge is -2.23. The Morgan fingerprint density at radius 3 is 2.40 bits per heavy atom. The third kappa shape index (κ3) is 4.54. The first-order valence-electron chi connectivity index (χ1n) is 7.15. The zero-order chi connectivity index (χ0) is 15.2. The summed E-state index contributed by atoms with van der Waals surface area (Å²) in [6.07, 6.45) is 1.63. The molecule has 0 aliphatic heterocycles. The van der Waals surface area contributed by atoms with Gasteiger partial charge in [-0.15, -0.1) is 0 Å². The van der Waals surface area contributed by atoms with Crippen molar-refractivity contribution in [2.24, 2.45) is 0 Å². The molecule has 1 unspecified atom stereocenters. The number of nitrogens with one attached hydrogen (secondary N) is 1. The highest BCUT2D eigenvalue weighted by molar-refractivity contribution is 5.38. The van der Waals surface area contributed by atoms with Gasteiger partial charge < -0.3 is 10.1 Å². The Hall–Kier alpha value is -1.53. The summed E-state index contributed by atoms with van der Waals surface area (Å²) in [5, 5.41) is 12.1. The number of hydrogen-bond acceptors (Lipinski definition) is 3. The predicted octanol–water partition coefficient (Wildman–Crippen LogP) is 3.64. The fraction of sp³-hybridized carbons (Fsp3) is 0.588. The molecule has 0 saturated carbocycles. The van der Waals surface area contributed by atoms with Crippen molar-refractivity contribution in [3.05, 3.63) is 29.8 Å². The minimum atomic E-state index is -0.465. The number of rotatable bonds is 6. The second-order valence-electron chi connectivity index (χ2n) is 6.39. The molecular weight excluding hydrogens is 248 g/mol. The molecule has 1 N–H and O–H groups in total. The van der Waals surface area contributed by atoms with Crippen molar-refractivity contribution in [2.75, 3.05) is 13.7 Å². The average Bonchev–Trinajstić information content (AvgIpc) is 2.43. The Morgan fingerprint density at radius 2 is 1.85 bits per heavy atom. The molecule has 0 aliphatic carbocycles. The second kappa shape index (κ2) is 6.76. The van der Waals surface area contributed by atoms with Crippen LogP contribution in [0.4, 0.5) is 0 Å². The molecule has 1 aromatic carbocycles. The SMILES string of the molecule is CNC(C)(C#N)CCCOc1ccccc1C(C)(C)C. The predicted molar refractivity (Wildman–Crippen MR) is 82.9 cm³/mol. The van der Waals surface area contributed by atoms with Crippen LogP contribution in [0, 0.1) is 11.3 Å². The van der Waals surface area contributed by atoms with Crippen LogP contribution in [-0.4, -0.2) is 19.2 Å². The van der Waals surface area contributed by atoms with Crippen molar-refractivity contribution in [3.63, 3.8) is 0 Å². The zero-order valence-electron chi connectivity index (χ0n) is 13.3. The number of ether oxygens (including phenoxy) is 1. The average molecular weight is 274 g/mol. The third-order valence-corrected chi connectivity index (χ3v) is 3.57. The van der Waals surface area contributed by atoms with Crippen molar-refractivity contribution in [2.45, 2.75) is 51.5 Å². The van der Waals surface area contributed by atoms with E-state index in [0.717, 1.165) is 18.6 Å². The Morgan fingerprint density at radius 1 is 1.20 bits per heavy atom. The number of nitrogens with zero attached hydrogens (tertiary/aromatic N) is 1. The van der Waals surface area contributed by atoms with E-state index in [1.165, 1.54) is 5.56 Å². The van der Waals surface area contributed by atoms with Gasteiger partial charge in [-0.1, -0.05) is 39.0 Å². The minimum absolute atomic E-state index is 0.0722. The highest BCUT2D eigenvalue weighted by Crippen LogP contribution is 2.31. The molecule has 3 nitrogen and oxygen atoms in total. The summed E-state index contributed by atoms with van der Waals surface area (Å²) in [4.78, 5) is 0.